The van der Waals surface area contributed by atoms with Crippen LogP contribution in [0.2, 0.25) is 0 Å². The number of hydrogen-bond donors (Lipinski definition) is 2. The van der Waals surface area contributed by atoms with E-state index in [4.69, 9.17) is 27.4 Å². The predicted octanol–water partition coefficient (Wildman–Crippen LogP) is 1.65. The van der Waals surface area contributed by atoms with Gasteiger partial charge in [0.25, 0.3) is 0 Å². The smallest absolute Gasteiger partial charge is 0.242 e. The van der Waals surface area contributed by atoms with E-state index in [2.05, 4.69) is 4.72 Å². The molecule has 1 unspecified atom stereocenters. The maximum atomic E-state index is 12.3. The summed E-state index contributed by atoms with van der Waals surface area (Å²) in [6, 6.07) is 4.90. The van der Waals surface area contributed by atoms with Crippen molar-refractivity contribution in [2.24, 2.45) is 5.73 Å². The second-order valence-electron chi connectivity index (χ2n) is 4.66. The van der Waals surface area contributed by atoms with E-state index in [1.807, 2.05) is 0 Å². The molecule has 0 aromatic heterocycles. The van der Waals surface area contributed by atoms with Crippen LogP contribution in [-0.4, -0.2) is 31.9 Å². The number of nitrogens with two attached hydrogens (primary N) is 1. The van der Waals surface area contributed by atoms with Gasteiger partial charge in [0, 0.05) is 12.5 Å². The third kappa shape index (κ3) is 3.76. The van der Waals surface area contributed by atoms with E-state index < -0.39 is 15.3 Å². The molecule has 1 atom stereocenters. The lowest BCUT2D eigenvalue weighted by molar-refractivity contribution is 0.297. The van der Waals surface area contributed by atoms with Gasteiger partial charge in [-0.05, 0) is 18.6 Å². The molecular formula is C13H18N2O4S2. The minimum Gasteiger partial charge on any atom is -0.490 e. The predicted molar refractivity (Wildman–Crippen MR) is 85.5 cm³/mol. The SMILES string of the molecule is CCC(C(N)=S)S(=O)(=O)Nc1ccc2c(c1)OCCCO2. The zero-order chi connectivity index (χ0) is 15.5. The maximum absolute atomic E-state index is 12.3. The van der Waals surface area contributed by atoms with E-state index >= 15 is 0 Å². The molecule has 21 heavy (non-hydrogen) atoms. The first-order valence-electron chi connectivity index (χ1n) is 6.64. The highest BCUT2D eigenvalue weighted by atomic mass is 32.2. The fraction of sp³-hybridized carbons (Fsp3) is 0.462. The highest BCUT2D eigenvalue weighted by Crippen LogP contribution is 2.32. The molecule has 0 amide bonds. The van der Waals surface area contributed by atoms with Crippen LogP contribution in [0.4, 0.5) is 5.69 Å². The molecule has 1 aliphatic heterocycles. The van der Waals surface area contributed by atoms with E-state index in [1.54, 1.807) is 25.1 Å². The Bertz CT molecular complexity index is 631. The van der Waals surface area contributed by atoms with Crippen molar-refractivity contribution in [1.82, 2.24) is 0 Å². The summed E-state index contributed by atoms with van der Waals surface area (Å²) in [6.45, 7) is 2.84. The lowest BCUT2D eigenvalue weighted by Crippen LogP contribution is -2.37. The third-order valence-electron chi connectivity index (χ3n) is 3.07. The van der Waals surface area contributed by atoms with Gasteiger partial charge in [-0.15, -0.1) is 0 Å². The summed E-state index contributed by atoms with van der Waals surface area (Å²) in [7, 11) is -3.67. The highest BCUT2D eigenvalue weighted by molar-refractivity contribution is 7.95. The quantitative estimate of drug-likeness (QED) is 0.798. The Morgan fingerprint density at radius 1 is 1.38 bits per heavy atom. The molecule has 1 aromatic carbocycles. The molecule has 0 fully saturated rings. The zero-order valence-corrected chi connectivity index (χ0v) is 13.3. The highest BCUT2D eigenvalue weighted by Gasteiger charge is 2.26. The Morgan fingerprint density at radius 2 is 2.05 bits per heavy atom. The summed E-state index contributed by atoms with van der Waals surface area (Å²) in [5, 5.41) is -0.900. The molecule has 1 aliphatic rings. The first-order chi connectivity index (χ1) is 9.94. The molecule has 0 spiro atoms. The van der Waals surface area contributed by atoms with Gasteiger partial charge in [-0.25, -0.2) is 8.42 Å². The monoisotopic (exact) mass is 330 g/mol. The summed E-state index contributed by atoms with van der Waals surface area (Å²) in [4.78, 5) is -0.0423. The Morgan fingerprint density at radius 3 is 2.67 bits per heavy atom. The average molecular weight is 330 g/mol. The van der Waals surface area contributed by atoms with Crippen LogP contribution in [0.1, 0.15) is 19.8 Å². The molecule has 2 rings (SSSR count). The number of anilines is 1. The van der Waals surface area contributed by atoms with Crippen LogP contribution in [0.15, 0.2) is 18.2 Å². The average Bonchev–Trinajstić information content (AvgIpc) is 2.62. The van der Waals surface area contributed by atoms with E-state index in [9.17, 15) is 8.42 Å². The summed E-state index contributed by atoms with van der Waals surface area (Å²) in [5.41, 5.74) is 5.88. The number of hydrogen-bond acceptors (Lipinski definition) is 5. The van der Waals surface area contributed by atoms with Crippen molar-refractivity contribution in [3.63, 3.8) is 0 Å². The van der Waals surface area contributed by atoms with Crippen LogP contribution in [0, 0.1) is 0 Å². The van der Waals surface area contributed by atoms with Crippen molar-refractivity contribution in [1.29, 1.82) is 0 Å². The Labute approximate surface area is 129 Å². The van der Waals surface area contributed by atoms with Crippen molar-refractivity contribution in [3.05, 3.63) is 18.2 Å². The van der Waals surface area contributed by atoms with E-state index in [-0.39, 0.29) is 4.99 Å². The minimum atomic E-state index is -3.67. The van der Waals surface area contributed by atoms with Crippen molar-refractivity contribution < 1.29 is 17.9 Å². The van der Waals surface area contributed by atoms with Gasteiger partial charge in [0.15, 0.2) is 11.5 Å². The Hall–Kier alpha value is -1.54. The molecule has 116 valence electrons. The van der Waals surface area contributed by atoms with Crippen LogP contribution in [0.3, 0.4) is 0 Å². The molecule has 0 radical (unpaired) electrons. The minimum absolute atomic E-state index is 0.0423. The van der Waals surface area contributed by atoms with E-state index in [0.717, 1.165) is 6.42 Å². The number of sulfonamides is 1. The number of nitrogens with one attached hydrogen (secondary N) is 1. The fourth-order valence-electron chi connectivity index (χ4n) is 2.04. The summed E-state index contributed by atoms with van der Waals surface area (Å²) in [5.74, 6) is 1.13. The van der Waals surface area contributed by atoms with Crippen LogP contribution in [-0.2, 0) is 10.0 Å². The topological polar surface area (TPSA) is 90.7 Å². The van der Waals surface area contributed by atoms with Crippen molar-refractivity contribution >= 4 is 32.9 Å². The van der Waals surface area contributed by atoms with Crippen LogP contribution >= 0.6 is 12.2 Å². The molecular weight excluding hydrogens is 312 g/mol. The molecule has 1 heterocycles. The van der Waals surface area contributed by atoms with Gasteiger partial charge in [-0.1, -0.05) is 19.1 Å². The molecule has 3 N–H and O–H groups in total. The number of fused-ring (bicyclic) bond motifs is 1. The Kier molecular flexibility index (Phi) is 4.89. The summed E-state index contributed by atoms with van der Waals surface area (Å²) < 4.78 is 38.0. The second-order valence-corrected chi connectivity index (χ2v) is 6.99. The van der Waals surface area contributed by atoms with Gasteiger partial charge in [0.2, 0.25) is 10.0 Å². The molecule has 8 heteroatoms. The number of rotatable bonds is 5. The Balaban J connectivity index is 2.23. The summed E-state index contributed by atoms with van der Waals surface area (Å²) in [6.07, 6.45) is 1.10. The van der Waals surface area contributed by atoms with E-state index in [0.29, 0.717) is 36.8 Å². The molecule has 0 saturated heterocycles. The van der Waals surface area contributed by atoms with Crippen molar-refractivity contribution in [3.8, 4) is 11.5 Å². The standard InChI is InChI=1S/C13H18N2O4S2/c1-2-12(13(14)20)21(16,17)15-9-4-5-10-11(8-9)19-7-3-6-18-10/h4-5,8,12,15H,2-3,6-7H2,1H3,(H2,14,20). The lowest BCUT2D eigenvalue weighted by atomic mass is 10.3. The molecule has 0 bridgehead atoms. The van der Waals surface area contributed by atoms with Crippen LogP contribution in [0.5, 0.6) is 11.5 Å². The van der Waals surface area contributed by atoms with Gasteiger partial charge < -0.3 is 15.2 Å². The van der Waals surface area contributed by atoms with Gasteiger partial charge in [-0.2, -0.15) is 0 Å². The third-order valence-corrected chi connectivity index (χ3v) is 5.36. The first kappa shape index (κ1) is 15.8. The lowest BCUT2D eigenvalue weighted by Gasteiger charge is -2.17. The summed E-state index contributed by atoms with van der Waals surface area (Å²) >= 11 is 4.81. The number of ether oxygens (including phenoxy) is 2. The first-order valence-corrected chi connectivity index (χ1v) is 8.60. The fourth-order valence-corrected chi connectivity index (χ4v) is 3.92. The number of benzene rings is 1. The van der Waals surface area contributed by atoms with Crippen molar-refractivity contribution in [2.45, 2.75) is 25.0 Å². The van der Waals surface area contributed by atoms with Gasteiger partial charge in [0.1, 0.15) is 5.25 Å². The molecule has 0 aliphatic carbocycles. The second kappa shape index (κ2) is 6.48. The largest absolute Gasteiger partial charge is 0.490 e. The molecule has 6 nitrogen and oxygen atoms in total. The molecule has 0 saturated carbocycles. The van der Waals surface area contributed by atoms with Crippen LogP contribution < -0.4 is 19.9 Å². The molecule has 1 aromatic rings. The van der Waals surface area contributed by atoms with Gasteiger partial charge in [-0.3, -0.25) is 4.72 Å². The maximum Gasteiger partial charge on any atom is 0.242 e. The van der Waals surface area contributed by atoms with Crippen LogP contribution in [0.25, 0.3) is 0 Å². The van der Waals surface area contributed by atoms with E-state index in [1.165, 1.54) is 0 Å². The number of thiocarbonyl (C=S) groups is 1. The normalized spacial score (nSPS) is 15.9. The van der Waals surface area contributed by atoms with Gasteiger partial charge >= 0.3 is 0 Å². The van der Waals surface area contributed by atoms with Crippen molar-refractivity contribution in [2.75, 3.05) is 17.9 Å². The zero-order valence-electron chi connectivity index (χ0n) is 11.7. The van der Waals surface area contributed by atoms with Gasteiger partial charge in [0.05, 0.1) is 23.9 Å².